The van der Waals surface area contributed by atoms with E-state index in [-0.39, 0.29) is 0 Å². The highest BCUT2D eigenvalue weighted by Gasteiger charge is 2.22. The third kappa shape index (κ3) is 2.31. The maximum atomic E-state index is 6.10. The lowest BCUT2D eigenvalue weighted by atomic mass is 9.91. The van der Waals surface area contributed by atoms with Crippen LogP contribution in [0, 0.1) is 18.8 Å². The van der Waals surface area contributed by atoms with Gasteiger partial charge in [-0.2, -0.15) is 0 Å². The van der Waals surface area contributed by atoms with Crippen molar-refractivity contribution in [2.24, 2.45) is 11.8 Å². The lowest BCUT2D eigenvalue weighted by Crippen LogP contribution is -2.39. The van der Waals surface area contributed by atoms with Crippen LogP contribution in [-0.4, -0.2) is 13.1 Å². The molecule has 0 bridgehead atoms. The van der Waals surface area contributed by atoms with Gasteiger partial charge in [-0.1, -0.05) is 19.9 Å². The molecule has 2 nitrogen and oxygen atoms in total. The molecule has 0 unspecified atom stereocenters. The van der Waals surface area contributed by atoms with E-state index < -0.39 is 0 Å². The summed E-state index contributed by atoms with van der Waals surface area (Å²) < 4.78 is 0. The highest BCUT2D eigenvalue weighted by molar-refractivity contribution is 5.68. The van der Waals surface area contributed by atoms with Gasteiger partial charge in [-0.15, -0.1) is 0 Å². The van der Waals surface area contributed by atoms with Gasteiger partial charge in [0.25, 0.3) is 0 Å². The van der Waals surface area contributed by atoms with Crippen LogP contribution < -0.4 is 10.6 Å². The van der Waals surface area contributed by atoms with Crippen LogP contribution in [0.15, 0.2) is 18.2 Å². The molecule has 1 aromatic rings. The van der Waals surface area contributed by atoms with Crippen molar-refractivity contribution in [2.75, 3.05) is 23.7 Å². The summed E-state index contributed by atoms with van der Waals surface area (Å²) >= 11 is 0. The third-order valence-corrected chi connectivity index (χ3v) is 3.39. The third-order valence-electron chi connectivity index (χ3n) is 3.39. The molecule has 2 atom stereocenters. The maximum Gasteiger partial charge on any atom is 0.0600 e. The number of nitrogens with zero attached hydrogens (tertiary/aromatic N) is 1. The Morgan fingerprint density at radius 2 is 1.81 bits per heavy atom. The average molecular weight is 218 g/mol. The molecule has 0 saturated carbocycles. The number of hydrogen-bond acceptors (Lipinski definition) is 2. The predicted octanol–water partition coefficient (Wildman–Crippen LogP) is 3.06. The van der Waals surface area contributed by atoms with Gasteiger partial charge < -0.3 is 10.6 Å². The number of piperidine rings is 1. The van der Waals surface area contributed by atoms with E-state index >= 15 is 0 Å². The van der Waals surface area contributed by atoms with E-state index in [1.54, 1.807) is 0 Å². The molecule has 0 aromatic heterocycles. The molecule has 1 heterocycles. The van der Waals surface area contributed by atoms with Crippen LogP contribution in [0.3, 0.4) is 0 Å². The quantitative estimate of drug-likeness (QED) is 0.734. The number of nitrogen functional groups attached to an aromatic ring is 1. The van der Waals surface area contributed by atoms with Gasteiger partial charge in [0.15, 0.2) is 0 Å². The molecule has 1 fully saturated rings. The molecule has 16 heavy (non-hydrogen) atoms. The van der Waals surface area contributed by atoms with Crippen LogP contribution in [-0.2, 0) is 0 Å². The van der Waals surface area contributed by atoms with Crippen molar-refractivity contribution in [3.8, 4) is 0 Å². The average Bonchev–Trinajstić information content (AvgIpc) is 2.15. The van der Waals surface area contributed by atoms with Gasteiger partial charge in [-0.3, -0.25) is 0 Å². The zero-order valence-corrected chi connectivity index (χ0v) is 10.5. The summed E-state index contributed by atoms with van der Waals surface area (Å²) in [4.78, 5) is 2.44. The number of nitrogens with two attached hydrogens (primary N) is 1. The Labute approximate surface area is 98.4 Å². The monoisotopic (exact) mass is 218 g/mol. The van der Waals surface area contributed by atoms with Crippen LogP contribution in [0.2, 0.25) is 0 Å². The Kier molecular flexibility index (Phi) is 3.08. The molecule has 1 saturated heterocycles. The molecule has 0 spiro atoms. The van der Waals surface area contributed by atoms with E-state index in [2.05, 4.69) is 43.9 Å². The zero-order chi connectivity index (χ0) is 11.7. The number of benzene rings is 1. The second kappa shape index (κ2) is 4.36. The molecule has 0 amide bonds. The summed E-state index contributed by atoms with van der Waals surface area (Å²) in [6.07, 6.45) is 1.34. The first kappa shape index (κ1) is 11.3. The second-order valence-corrected chi connectivity index (χ2v) is 5.41. The molecule has 1 aliphatic heterocycles. The van der Waals surface area contributed by atoms with Crippen LogP contribution in [0.25, 0.3) is 0 Å². The van der Waals surface area contributed by atoms with Gasteiger partial charge in [0.1, 0.15) is 0 Å². The second-order valence-electron chi connectivity index (χ2n) is 5.41. The summed E-state index contributed by atoms with van der Waals surface area (Å²) in [7, 11) is 0. The van der Waals surface area contributed by atoms with Gasteiger partial charge in [0.2, 0.25) is 0 Å². The van der Waals surface area contributed by atoms with Gasteiger partial charge in [-0.05, 0) is 42.9 Å². The number of hydrogen-bond donors (Lipinski definition) is 1. The highest BCUT2D eigenvalue weighted by Crippen LogP contribution is 2.30. The summed E-state index contributed by atoms with van der Waals surface area (Å²) in [5.41, 5.74) is 9.47. The van der Waals surface area contributed by atoms with E-state index in [0.29, 0.717) is 0 Å². The Balaban J connectivity index is 2.23. The molecule has 0 aliphatic carbocycles. The van der Waals surface area contributed by atoms with Crippen molar-refractivity contribution >= 4 is 11.4 Å². The van der Waals surface area contributed by atoms with Gasteiger partial charge >= 0.3 is 0 Å². The van der Waals surface area contributed by atoms with Crippen molar-refractivity contribution in [3.63, 3.8) is 0 Å². The van der Waals surface area contributed by atoms with Crippen LogP contribution in [0.4, 0.5) is 11.4 Å². The molecular weight excluding hydrogens is 196 g/mol. The standard InChI is InChI=1S/C14H22N2/c1-10-4-5-14(13(15)7-10)16-8-11(2)6-12(3)9-16/h4-5,7,11-12H,6,8-9,15H2,1-3H3/t11-,12+. The van der Waals surface area contributed by atoms with E-state index in [1.807, 2.05) is 0 Å². The summed E-state index contributed by atoms with van der Waals surface area (Å²) in [5, 5.41) is 0. The van der Waals surface area contributed by atoms with Gasteiger partial charge in [-0.25, -0.2) is 0 Å². The Morgan fingerprint density at radius 1 is 1.19 bits per heavy atom. The molecule has 2 heteroatoms. The first-order valence-electron chi connectivity index (χ1n) is 6.17. The first-order valence-corrected chi connectivity index (χ1v) is 6.17. The highest BCUT2D eigenvalue weighted by atomic mass is 15.1. The molecule has 2 N–H and O–H groups in total. The van der Waals surface area contributed by atoms with Gasteiger partial charge in [0.05, 0.1) is 11.4 Å². The number of aryl methyl sites for hydroxylation is 1. The molecule has 88 valence electrons. The van der Waals surface area contributed by atoms with E-state index in [0.717, 1.165) is 30.6 Å². The topological polar surface area (TPSA) is 29.3 Å². The number of rotatable bonds is 1. The van der Waals surface area contributed by atoms with Crippen molar-refractivity contribution in [2.45, 2.75) is 27.2 Å². The van der Waals surface area contributed by atoms with E-state index in [9.17, 15) is 0 Å². The number of anilines is 2. The first-order chi connectivity index (χ1) is 7.56. The fourth-order valence-electron chi connectivity index (χ4n) is 2.82. The summed E-state index contributed by atoms with van der Waals surface area (Å²) in [5.74, 6) is 1.54. The fourth-order valence-corrected chi connectivity index (χ4v) is 2.82. The Morgan fingerprint density at radius 3 is 2.38 bits per heavy atom. The maximum absolute atomic E-state index is 6.10. The van der Waals surface area contributed by atoms with Crippen LogP contribution in [0.1, 0.15) is 25.8 Å². The Bertz CT molecular complexity index is 363. The van der Waals surface area contributed by atoms with Crippen molar-refractivity contribution in [3.05, 3.63) is 23.8 Å². The minimum atomic E-state index is 0.768. The van der Waals surface area contributed by atoms with Crippen molar-refractivity contribution in [1.29, 1.82) is 0 Å². The fraction of sp³-hybridized carbons (Fsp3) is 0.571. The lowest BCUT2D eigenvalue weighted by Gasteiger charge is -2.37. The minimum Gasteiger partial charge on any atom is -0.397 e. The van der Waals surface area contributed by atoms with Gasteiger partial charge in [0, 0.05) is 13.1 Å². The molecular formula is C14H22N2. The van der Waals surface area contributed by atoms with E-state index in [1.165, 1.54) is 17.7 Å². The van der Waals surface area contributed by atoms with Crippen LogP contribution >= 0.6 is 0 Å². The largest absolute Gasteiger partial charge is 0.397 e. The SMILES string of the molecule is Cc1ccc(N2C[C@H](C)C[C@H](C)C2)c(N)c1. The molecule has 1 aromatic carbocycles. The molecule has 2 rings (SSSR count). The minimum absolute atomic E-state index is 0.768. The summed E-state index contributed by atoms with van der Waals surface area (Å²) in [6.45, 7) is 9.01. The van der Waals surface area contributed by atoms with Crippen molar-refractivity contribution in [1.82, 2.24) is 0 Å². The summed E-state index contributed by atoms with van der Waals surface area (Å²) in [6, 6.07) is 6.38. The normalized spacial score (nSPS) is 25.8. The lowest BCUT2D eigenvalue weighted by molar-refractivity contribution is 0.357. The van der Waals surface area contributed by atoms with Crippen molar-refractivity contribution < 1.29 is 0 Å². The zero-order valence-electron chi connectivity index (χ0n) is 10.5. The molecule has 0 radical (unpaired) electrons. The Hall–Kier alpha value is -1.18. The van der Waals surface area contributed by atoms with E-state index in [4.69, 9.17) is 5.73 Å². The smallest absolute Gasteiger partial charge is 0.0600 e. The predicted molar refractivity (Wildman–Crippen MR) is 70.7 cm³/mol. The van der Waals surface area contributed by atoms with Crippen LogP contribution in [0.5, 0.6) is 0 Å². The molecule has 1 aliphatic rings.